The highest BCUT2D eigenvalue weighted by atomic mass is 32.1. The summed E-state index contributed by atoms with van der Waals surface area (Å²) in [7, 11) is 0. The number of aromatic amines is 1. The standard InChI is InChI=1S/C13H12N4O2S/c14-7-1-2-9-3-4-10(20-9)8-15-13(19)11-5-6-12(18)17-16-11/h3-6H,7-8,14H2,(H,15,19)(H,17,18). The molecule has 0 spiro atoms. The van der Waals surface area contributed by atoms with Gasteiger partial charge in [-0.3, -0.25) is 9.59 Å². The van der Waals surface area contributed by atoms with Gasteiger partial charge in [-0.05, 0) is 18.2 Å². The Labute approximate surface area is 119 Å². The van der Waals surface area contributed by atoms with Crippen LogP contribution in [0, 0.1) is 11.8 Å². The number of nitrogens with one attached hydrogen (secondary N) is 2. The summed E-state index contributed by atoms with van der Waals surface area (Å²) in [4.78, 5) is 24.5. The van der Waals surface area contributed by atoms with E-state index in [0.717, 1.165) is 9.75 Å². The molecule has 0 aliphatic carbocycles. The molecule has 0 unspecified atom stereocenters. The molecule has 2 aromatic heterocycles. The zero-order chi connectivity index (χ0) is 14.4. The first-order valence-corrected chi connectivity index (χ1v) is 6.62. The van der Waals surface area contributed by atoms with E-state index in [1.54, 1.807) is 0 Å². The number of carbonyl (C=O) groups excluding carboxylic acids is 1. The summed E-state index contributed by atoms with van der Waals surface area (Å²) in [5, 5.41) is 8.58. The summed E-state index contributed by atoms with van der Waals surface area (Å²) in [6, 6.07) is 6.41. The molecule has 0 radical (unpaired) electrons. The highest BCUT2D eigenvalue weighted by Crippen LogP contribution is 2.15. The fourth-order valence-electron chi connectivity index (χ4n) is 1.41. The Morgan fingerprint density at radius 2 is 2.25 bits per heavy atom. The lowest BCUT2D eigenvalue weighted by Crippen LogP contribution is -2.24. The lowest BCUT2D eigenvalue weighted by atomic mass is 10.3. The smallest absolute Gasteiger partial charge is 0.272 e. The topological polar surface area (TPSA) is 101 Å². The van der Waals surface area contributed by atoms with E-state index in [2.05, 4.69) is 27.4 Å². The Hall–Kier alpha value is -2.43. The largest absolute Gasteiger partial charge is 0.346 e. The molecule has 0 aromatic carbocycles. The number of nitrogens with zero attached hydrogens (tertiary/aromatic N) is 1. The van der Waals surface area contributed by atoms with Crippen LogP contribution in [0.3, 0.4) is 0 Å². The van der Waals surface area contributed by atoms with E-state index in [-0.39, 0.29) is 17.2 Å². The number of hydrogen-bond donors (Lipinski definition) is 3. The summed E-state index contributed by atoms with van der Waals surface area (Å²) in [5.74, 6) is 5.36. The second-order valence-corrected chi connectivity index (χ2v) is 4.93. The molecule has 0 bridgehead atoms. The van der Waals surface area contributed by atoms with Crippen molar-refractivity contribution in [2.45, 2.75) is 6.54 Å². The zero-order valence-electron chi connectivity index (χ0n) is 10.5. The molecule has 0 saturated carbocycles. The number of aromatic nitrogens is 2. The summed E-state index contributed by atoms with van der Waals surface area (Å²) in [5.41, 5.74) is 5.12. The van der Waals surface area contributed by atoms with Gasteiger partial charge in [-0.1, -0.05) is 11.8 Å². The van der Waals surface area contributed by atoms with Crippen molar-refractivity contribution in [2.24, 2.45) is 5.73 Å². The van der Waals surface area contributed by atoms with E-state index in [4.69, 9.17) is 5.73 Å². The van der Waals surface area contributed by atoms with Gasteiger partial charge in [0.2, 0.25) is 0 Å². The minimum atomic E-state index is -0.345. The molecule has 2 heterocycles. The average Bonchev–Trinajstić information content (AvgIpc) is 2.91. The molecule has 20 heavy (non-hydrogen) atoms. The Morgan fingerprint density at radius 1 is 1.40 bits per heavy atom. The average molecular weight is 288 g/mol. The van der Waals surface area contributed by atoms with Gasteiger partial charge in [0.15, 0.2) is 0 Å². The maximum atomic E-state index is 11.8. The van der Waals surface area contributed by atoms with Crippen molar-refractivity contribution in [3.8, 4) is 11.8 Å². The van der Waals surface area contributed by atoms with Crippen molar-refractivity contribution >= 4 is 17.2 Å². The van der Waals surface area contributed by atoms with Crippen LogP contribution in [0.1, 0.15) is 20.2 Å². The number of amides is 1. The van der Waals surface area contributed by atoms with Crippen LogP contribution in [0.5, 0.6) is 0 Å². The van der Waals surface area contributed by atoms with E-state index < -0.39 is 0 Å². The fourth-order valence-corrected chi connectivity index (χ4v) is 2.23. The van der Waals surface area contributed by atoms with E-state index in [1.807, 2.05) is 12.1 Å². The van der Waals surface area contributed by atoms with Crippen LogP contribution >= 0.6 is 11.3 Å². The number of H-pyrrole nitrogens is 1. The predicted octanol–water partition coefficient (Wildman–Crippen LogP) is 0.0716. The second-order valence-electron chi connectivity index (χ2n) is 3.76. The maximum absolute atomic E-state index is 11.8. The van der Waals surface area contributed by atoms with Gasteiger partial charge in [0.1, 0.15) is 5.69 Å². The van der Waals surface area contributed by atoms with Gasteiger partial charge in [-0.25, -0.2) is 5.10 Å². The zero-order valence-corrected chi connectivity index (χ0v) is 11.3. The molecule has 0 aliphatic rings. The molecule has 2 rings (SSSR count). The number of rotatable bonds is 3. The van der Waals surface area contributed by atoms with Crippen molar-refractivity contribution in [2.75, 3.05) is 6.54 Å². The Morgan fingerprint density at radius 3 is 2.95 bits per heavy atom. The minimum absolute atomic E-state index is 0.171. The van der Waals surface area contributed by atoms with Crippen molar-refractivity contribution in [3.05, 3.63) is 50.1 Å². The molecule has 1 amide bonds. The van der Waals surface area contributed by atoms with Gasteiger partial charge >= 0.3 is 0 Å². The lowest BCUT2D eigenvalue weighted by Gasteiger charge is -2.01. The normalized spacial score (nSPS) is 9.65. The molecule has 0 saturated heterocycles. The summed E-state index contributed by atoms with van der Waals surface area (Å²) in [6.45, 7) is 0.705. The molecule has 0 atom stereocenters. The molecule has 2 aromatic rings. The van der Waals surface area contributed by atoms with Crippen LogP contribution in [0.2, 0.25) is 0 Å². The summed E-state index contributed by atoms with van der Waals surface area (Å²) >= 11 is 1.49. The molecule has 4 N–H and O–H groups in total. The number of carbonyl (C=O) groups is 1. The molecule has 0 fully saturated rings. The summed E-state index contributed by atoms with van der Waals surface area (Å²) < 4.78 is 0. The molecule has 102 valence electrons. The molecular weight excluding hydrogens is 276 g/mol. The molecule has 6 nitrogen and oxygen atoms in total. The van der Waals surface area contributed by atoms with Crippen LogP contribution in [-0.2, 0) is 6.54 Å². The van der Waals surface area contributed by atoms with Crippen molar-refractivity contribution in [3.63, 3.8) is 0 Å². The van der Waals surface area contributed by atoms with E-state index in [0.29, 0.717) is 13.1 Å². The van der Waals surface area contributed by atoms with E-state index >= 15 is 0 Å². The summed E-state index contributed by atoms with van der Waals surface area (Å²) in [6.07, 6.45) is 0. The van der Waals surface area contributed by atoms with Crippen LogP contribution in [-0.4, -0.2) is 22.6 Å². The second kappa shape index (κ2) is 6.65. The van der Waals surface area contributed by atoms with Crippen LogP contribution in [0.25, 0.3) is 0 Å². The Kier molecular flexibility index (Phi) is 4.65. The number of hydrogen-bond acceptors (Lipinski definition) is 5. The van der Waals surface area contributed by atoms with Crippen LogP contribution in [0.15, 0.2) is 29.1 Å². The van der Waals surface area contributed by atoms with Gasteiger partial charge in [-0.15, -0.1) is 11.3 Å². The first-order chi connectivity index (χ1) is 9.69. The molecular formula is C13H12N4O2S. The highest BCUT2D eigenvalue weighted by Gasteiger charge is 2.07. The first kappa shape index (κ1) is 14.0. The third kappa shape index (κ3) is 3.78. The predicted molar refractivity (Wildman–Crippen MR) is 76.3 cm³/mol. The van der Waals surface area contributed by atoms with E-state index in [1.165, 1.54) is 23.5 Å². The van der Waals surface area contributed by atoms with Crippen LogP contribution in [0.4, 0.5) is 0 Å². The van der Waals surface area contributed by atoms with Crippen molar-refractivity contribution < 1.29 is 4.79 Å². The third-order valence-corrected chi connectivity index (χ3v) is 3.31. The Bertz CT molecular complexity index is 703. The van der Waals surface area contributed by atoms with Gasteiger partial charge in [0, 0.05) is 10.9 Å². The number of thiophene rings is 1. The van der Waals surface area contributed by atoms with E-state index in [9.17, 15) is 9.59 Å². The first-order valence-electron chi connectivity index (χ1n) is 5.80. The quantitative estimate of drug-likeness (QED) is 0.696. The minimum Gasteiger partial charge on any atom is -0.346 e. The van der Waals surface area contributed by atoms with Crippen molar-refractivity contribution in [1.29, 1.82) is 0 Å². The van der Waals surface area contributed by atoms with Crippen LogP contribution < -0.4 is 16.6 Å². The molecule has 0 aliphatic heterocycles. The molecule has 7 heteroatoms. The third-order valence-electron chi connectivity index (χ3n) is 2.31. The lowest BCUT2D eigenvalue weighted by molar-refractivity contribution is 0.0945. The van der Waals surface area contributed by atoms with Gasteiger partial charge in [0.25, 0.3) is 11.5 Å². The fraction of sp³-hybridized carbons (Fsp3) is 0.154. The number of nitrogens with two attached hydrogens (primary N) is 1. The monoisotopic (exact) mass is 288 g/mol. The van der Waals surface area contributed by atoms with Crippen molar-refractivity contribution in [1.82, 2.24) is 15.5 Å². The Balaban J connectivity index is 1.94. The maximum Gasteiger partial charge on any atom is 0.272 e. The van der Waals surface area contributed by atoms with Gasteiger partial charge < -0.3 is 11.1 Å². The van der Waals surface area contributed by atoms with Gasteiger partial charge in [-0.2, -0.15) is 5.10 Å². The van der Waals surface area contributed by atoms with Gasteiger partial charge in [0.05, 0.1) is 18.0 Å². The SMILES string of the molecule is NCC#Cc1ccc(CNC(=O)c2ccc(=O)[nH]n2)s1. The highest BCUT2D eigenvalue weighted by molar-refractivity contribution is 7.12.